The molecular weight excluding hydrogens is 591 g/mol. The van der Waals surface area contributed by atoms with Crippen molar-refractivity contribution in [2.45, 2.75) is 0 Å². The van der Waals surface area contributed by atoms with Gasteiger partial charge in [-0.1, -0.05) is 158 Å². The summed E-state index contributed by atoms with van der Waals surface area (Å²) in [6.07, 6.45) is 0. The summed E-state index contributed by atoms with van der Waals surface area (Å²) < 4.78 is 2.47. The first kappa shape index (κ1) is 27.7. The Morgan fingerprint density at radius 2 is 0.816 bits per heavy atom. The third-order valence-electron chi connectivity index (χ3n) is 10.2. The molecule has 0 spiro atoms. The number of fused-ring (bicyclic) bond motifs is 6. The van der Waals surface area contributed by atoms with Gasteiger partial charge in [-0.05, 0) is 90.5 Å². The van der Waals surface area contributed by atoms with Crippen molar-refractivity contribution in [1.29, 1.82) is 0 Å². The lowest BCUT2D eigenvalue weighted by atomic mass is 9.85. The van der Waals surface area contributed by atoms with Gasteiger partial charge in [0.25, 0.3) is 0 Å². The molecule has 0 bridgehead atoms. The van der Waals surface area contributed by atoms with E-state index in [2.05, 4.69) is 193 Å². The first-order valence-corrected chi connectivity index (χ1v) is 16.9. The Labute approximate surface area is 284 Å². The Morgan fingerprint density at radius 3 is 1.57 bits per heavy atom. The van der Waals surface area contributed by atoms with Gasteiger partial charge < -0.3 is 4.57 Å². The highest BCUT2D eigenvalue weighted by atomic mass is 15.0. The summed E-state index contributed by atoms with van der Waals surface area (Å²) >= 11 is 0. The molecule has 10 aromatic rings. The highest BCUT2D eigenvalue weighted by Crippen LogP contribution is 2.46. The molecule has 1 heterocycles. The van der Waals surface area contributed by atoms with E-state index in [1.54, 1.807) is 0 Å². The number of para-hydroxylation sites is 2. The van der Waals surface area contributed by atoms with Gasteiger partial charge >= 0.3 is 0 Å². The van der Waals surface area contributed by atoms with Crippen LogP contribution in [-0.4, -0.2) is 4.57 Å². The molecule has 0 atom stereocenters. The Hall–Kier alpha value is -6.44. The average Bonchev–Trinajstić information content (AvgIpc) is 3.50. The number of hydrogen-bond acceptors (Lipinski definition) is 0. The Morgan fingerprint density at radius 1 is 0.286 bits per heavy atom. The number of nitrogens with zero attached hydrogens (tertiary/aromatic N) is 1. The average molecular weight is 622 g/mol. The van der Waals surface area contributed by atoms with Crippen molar-refractivity contribution in [2.24, 2.45) is 0 Å². The maximum absolute atomic E-state index is 2.47. The van der Waals surface area contributed by atoms with Crippen LogP contribution in [0.5, 0.6) is 0 Å². The van der Waals surface area contributed by atoms with Crippen molar-refractivity contribution >= 4 is 54.1 Å². The molecule has 0 aliphatic rings. The van der Waals surface area contributed by atoms with E-state index in [9.17, 15) is 0 Å². The summed E-state index contributed by atoms with van der Waals surface area (Å²) in [6, 6.07) is 68.8. The molecule has 49 heavy (non-hydrogen) atoms. The van der Waals surface area contributed by atoms with Gasteiger partial charge in [0.05, 0.1) is 16.7 Å². The van der Waals surface area contributed by atoms with Crippen molar-refractivity contribution in [3.8, 4) is 39.1 Å². The largest absolute Gasteiger partial charge is 0.309 e. The van der Waals surface area contributed by atoms with Crippen molar-refractivity contribution in [1.82, 2.24) is 4.57 Å². The molecule has 1 heteroatoms. The van der Waals surface area contributed by atoms with Crippen molar-refractivity contribution < 1.29 is 0 Å². The molecule has 0 saturated carbocycles. The zero-order chi connectivity index (χ0) is 32.3. The van der Waals surface area contributed by atoms with Crippen molar-refractivity contribution in [2.75, 3.05) is 0 Å². The van der Waals surface area contributed by atoms with Crippen LogP contribution in [-0.2, 0) is 0 Å². The molecule has 0 radical (unpaired) electrons. The van der Waals surface area contributed by atoms with Gasteiger partial charge in [-0.25, -0.2) is 0 Å². The summed E-state index contributed by atoms with van der Waals surface area (Å²) in [4.78, 5) is 0. The van der Waals surface area contributed by atoms with Crippen molar-refractivity contribution in [3.05, 3.63) is 188 Å². The third-order valence-corrected chi connectivity index (χ3v) is 10.2. The van der Waals surface area contributed by atoms with Crippen LogP contribution < -0.4 is 0 Å². The summed E-state index contributed by atoms with van der Waals surface area (Å²) in [6.45, 7) is 0. The third kappa shape index (κ3) is 4.33. The normalized spacial score (nSPS) is 11.7. The first-order chi connectivity index (χ1) is 24.3. The van der Waals surface area contributed by atoms with Gasteiger partial charge in [-0.2, -0.15) is 0 Å². The topological polar surface area (TPSA) is 4.93 Å². The van der Waals surface area contributed by atoms with E-state index in [0.717, 1.165) is 0 Å². The maximum atomic E-state index is 2.47. The minimum atomic E-state index is 1.18. The molecule has 1 aromatic heterocycles. The molecule has 0 unspecified atom stereocenters. The molecule has 228 valence electrons. The summed E-state index contributed by atoms with van der Waals surface area (Å²) in [7, 11) is 0. The fraction of sp³-hybridized carbons (Fsp3) is 0. The lowest BCUT2D eigenvalue weighted by Gasteiger charge is -2.20. The highest BCUT2D eigenvalue weighted by Gasteiger charge is 2.21. The molecule has 1 nitrogen and oxygen atoms in total. The number of hydrogen-bond donors (Lipinski definition) is 0. The van der Waals surface area contributed by atoms with Gasteiger partial charge in [0.1, 0.15) is 0 Å². The molecule has 0 aliphatic carbocycles. The number of rotatable bonds is 4. The first-order valence-electron chi connectivity index (χ1n) is 16.9. The smallest absolute Gasteiger partial charge is 0.0541 e. The van der Waals surface area contributed by atoms with Crippen LogP contribution >= 0.6 is 0 Å². The van der Waals surface area contributed by atoms with Crippen LogP contribution in [0.1, 0.15) is 0 Å². The second-order valence-electron chi connectivity index (χ2n) is 12.9. The molecule has 0 amide bonds. The standard InChI is InChI=1S/C48H31N/c1-2-15-33(16-3-1)47-38-19-6-8-21-40(38)48(41-22-9-7-20-39(41)47)42-23-11-13-25-45(42)49-44-24-12-10-18-37(44)43-31-36(28-29-46(43)49)35-27-26-32-14-4-5-17-34(32)30-35/h1-31H. The van der Waals surface area contributed by atoms with Gasteiger partial charge in [0.2, 0.25) is 0 Å². The summed E-state index contributed by atoms with van der Waals surface area (Å²) in [5.74, 6) is 0. The molecule has 0 N–H and O–H groups in total. The molecular formula is C48H31N. The number of benzene rings is 9. The van der Waals surface area contributed by atoms with Gasteiger partial charge in [0, 0.05) is 16.3 Å². The molecule has 0 aliphatic heterocycles. The number of aromatic nitrogens is 1. The highest BCUT2D eigenvalue weighted by molar-refractivity contribution is 6.22. The second-order valence-corrected chi connectivity index (χ2v) is 12.9. The molecule has 9 aromatic carbocycles. The van der Waals surface area contributed by atoms with Gasteiger partial charge in [-0.15, -0.1) is 0 Å². The van der Waals surface area contributed by atoms with Crippen molar-refractivity contribution in [3.63, 3.8) is 0 Å². The predicted octanol–water partition coefficient (Wildman–Crippen LogP) is 13.2. The molecule has 0 fully saturated rings. The van der Waals surface area contributed by atoms with E-state index in [1.165, 1.54) is 93.2 Å². The van der Waals surface area contributed by atoms with Gasteiger partial charge in [-0.3, -0.25) is 0 Å². The van der Waals surface area contributed by atoms with Crippen LogP contribution in [0, 0.1) is 0 Å². The van der Waals surface area contributed by atoms with Crippen LogP contribution in [0.25, 0.3) is 93.2 Å². The van der Waals surface area contributed by atoms with E-state index in [1.807, 2.05) is 0 Å². The Kier molecular flexibility index (Phi) is 6.25. The van der Waals surface area contributed by atoms with Crippen LogP contribution in [0.2, 0.25) is 0 Å². The van der Waals surface area contributed by atoms with E-state index >= 15 is 0 Å². The SMILES string of the molecule is c1ccc(-c2c3ccccc3c(-c3ccccc3-n3c4ccccc4c4cc(-c5ccc6ccccc6c5)ccc43)c3ccccc23)cc1. The van der Waals surface area contributed by atoms with E-state index < -0.39 is 0 Å². The minimum absolute atomic E-state index is 1.18. The van der Waals surface area contributed by atoms with E-state index in [-0.39, 0.29) is 0 Å². The minimum Gasteiger partial charge on any atom is -0.309 e. The molecule has 0 saturated heterocycles. The Bertz CT molecular complexity index is 2820. The van der Waals surface area contributed by atoms with Gasteiger partial charge in [0.15, 0.2) is 0 Å². The van der Waals surface area contributed by atoms with Crippen LogP contribution in [0.3, 0.4) is 0 Å². The lowest BCUT2D eigenvalue weighted by molar-refractivity contribution is 1.18. The summed E-state index contributed by atoms with van der Waals surface area (Å²) in [5.41, 5.74) is 11.0. The van der Waals surface area contributed by atoms with E-state index in [4.69, 9.17) is 0 Å². The summed E-state index contributed by atoms with van der Waals surface area (Å²) in [5, 5.41) is 10.1. The second kappa shape index (κ2) is 11.1. The maximum Gasteiger partial charge on any atom is 0.0541 e. The molecule has 10 rings (SSSR count). The Balaban J connectivity index is 1.26. The monoisotopic (exact) mass is 621 g/mol. The zero-order valence-electron chi connectivity index (χ0n) is 26.8. The quantitative estimate of drug-likeness (QED) is 0.172. The zero-order valence-corrected chi connectivity index (χ0v) is 26.8. The van der Waals surface area contributed by atoms with E-state index in [0.29, 0.717) is 0 Å². The predicted molar refractivity (Wildman–Crippen MR) is 210 cm³/mol. The van der Waals surface area contributed by atoms with Crippen LogP contribution in [0.15, 0.2) is 188 Å². The fourth-order valence-corrected chi connectivity index (χ4v) is 8.00. The van der Waals surface area contributed by atoms with Crippen LogP contribution in [0.4, 0.5) is 0 Å². The fourth-order valence-electron chi connectivity index (χ4n) is 8.00. The lowest BCUT2D eigenvalue weighted by Crippen LogP contribution is -1.98.